The lowest BCUT2D eigenvalue weighted by Gasteiger charge is -2.22. The molecular formula is C14H24N4O. The number of piperidine rings is 1. The number of unbranched alkanes of at least 4 members (excludes halogenated alkanes) is 1. The van der Waals surface area contributed by atoms with Crippen molar-refractivity contribution < 1.29 is 4.79 Å². The fourth-order valence-electron chi connectivity index (χ4n) is 2.46. The SMILES string of the molecule is O=C(CC1CCCCN1)NCCCCn1ccnc1. The summed E-state index contributed by atoms with van der Waals surface area (Å²) in [6.45, 7) is 2.81. The van der Waals surface area contributed by atoms with Crippen molar-refractivity contribution in [2.75, 3.05) is 13.1 Å². The van der Waals surface area contributed by atoms with Crippen molar-refractivity contribution in [2.45, 2.75) is 51.1 Å². The molecule has 1 aromatic rings. The van der Waals surface area contributed by atoms with Gasteiger partial charge in [-0.15, -0.1) is 0 Å². The zero-order valence-corrected chi connectivity index (χ0v) is 11.5. The molecule has 1 aliphatic rings. The number of nitrogens with zero attached hydrogens (tertiary/aromatic N) is 2. The van der Waals surface area contributed by atoms with E-state index in [1.165, 1.54) is 12.8 Å². The molecule has 2 N–H and O–H groups in total. The van der Waals surface area contributed by atoms with E-state index in [0.717, 1.165) is 38.9 Å². The van der Waals surface area contributed by atoms with Crippen molar-refractivity contribution in [1.29, 1.82) is 0 Å². The second kappa shape index (κ2) is 7.94. The Labute approximate surface area is 114 Å². The monoisotopic (exact) mass is 264 g/mol. The Morgan fingerprint density at radius 1 is 1.42 bits per heavy atom. The second-order valence-corrected chi connectivity index (χ2v) is 5.21. The molecule has 1 saturated heterocycles. The molecule has 0 saturated carbocycles. The molecule has 106 valence electrons. The lowest BCUT2D eigenvalue weighted by Crippen LogP contribution is -2.38. The fourth-order valence-corrected chi connectivity index (χ4v) is 2.46. The fraction of sp³-hybridized carbons (Fsp3) is 0.714. The molecule has 0 aliphatic carbocycles. The van der Waals surface area contributed by atoms with E-state index in [-0.39, 0.29) is 5.91 Å². The number of amides is 1. The minimum absolute atomic E-state index is 0.182. The molecular weight excluding hydrogens is 240 g/mol. The van der Waals surface area contributed by atoms with Crippen molar-refractivity contribution in [3.63, 3.8) is 0 Å². The Hall–Kier alpha value is -1.36. The maximum atomic E-state index is 11.7. The summed E-state index contributed by atoms with van der Waals surface area (Å²) in [6, 6.07) is 0.389. The first-order valence-corrected chi connectivity index (χ1v) is 7.30. The van der Waals surface area contributed by atoms with Crippen LogP contribution < -0.4 is 10.6 Å². The summed E-state index contributed by atoms with van der Waals surface area (Å²) in [4.78, 5) is 15.7. The summed E-state index contributed by atoms with van der Waals surface area (Å²) in [5, 5.41) is 6.41. The highest BCUT2D eigenvalue weighted by atomic mass is 16.1. The molecule has 19 heavy (non-hydrogen) atoms. The Kier molecular flexibility index (Phi) is 5.88. The standard InChI is InChI=1S/C14H24N4O/c19-14(11-13-5-1-2-6-16-13)17-7-3-4-9-18-10-8-15-12-18/h8,10,12-13,16H,1-7,9,11H2,(H,17,19). The second-order valence-electron chi connectivity index (χ2n) is 5.21. The van der Waals surface area contributed by atoms with Gasteiger partial charge >= 0.3 is 0 Å². The zero-order valence-electron chi connectivity index (χ0n) is 11.5. The van der Waals surface area contributed by atoms with Crippen LogP contribution >= 0.6 is 0 Å². The van der Waals surface area contributed by atoms with Gasteiger partial charge in [0.2, 0.25) is 5.91 Å². The van der Waals surface area contributed by atoms with E-state index in [2.05, 4.69) is 20.2 Å². The van der Waals surface area contributed by atoms with Crippen LogP contribution in [0.3, 0.4) is 0 Å². The first-order chi connectivity index (χ1) is 9.34. The lowest BCUT2D eigenvalue weighted by molar-refractivity contribution is -0.121. The maximum Gasteiger partial charge on any atom is 0.221 e. The predicted molar refractivity (Wildman–Crippen MR) is 74.7 cm³/mol. The van der Waals surface area contributed by atoms with Gasteiger partial charge in [0.25, 0.3) is 0 Å². The van der Waals surface area contributed by atoms with E-state index in [0.29, 0.717) is 12.5 Å². The summed E-state index contributed by atoms with van der Waals surface area (Å²) < 4.78 is 2.06. The molecule has 0 aromatic carbocycles. The highest BCUT2D eigenvalue weighted by molar-refractivity contribution is 5.76. The van der Waals surface area contributed by atoms with Crippen LogP contribution in [-0.2, 0) is 11.3 Å². The summed E-state index contributed by atoms with van der Waals surface area (Å²) in [6.07, 6.45) is 11.9. The van der Waals surface area contributed by atoms with Gasteiger partial charge in [0.05, 0.1) is 6.33 Å². The average Bonchev–Trinajstić information content (AvgIpc) is 2.92. The number of nitrogens with one attached hydrogen (secondary N) is 2. The summed E-state index contributed by atoms with van der Waals surface area (Å²) >= 11 is 0. The van der Waals surface area contributed by atoms with Gasteiger partial charge < -0.3 is 15.2 Å². The highest BCUT2D eigenvalue weighted by Crippen LogP contribution is 2.09. The molecule has 1 unspecified atom stereocenters. The smallest absolute Gasteiger partial charge is 0.221 e. The van der Waals surface area contributed by atoms with E-state index >= 15 is 0 Å². The molecule has 5 heteroatoms. The van der Waals surface area contributed by atoms with E-state index < -0.39 is 0 Å². The number of aromatic nitrogens is 2. The molecule has 2 heterocycles. The molecule has 1 fully saturated rings. The zero-order chi connectivity index (χ0) is 13.3. The van der Waals surface area contributed by atoms with Gasteiger partial charge in [0, 0.05) is 37.9 Å². The minimum atomic E-state index is 0.182. The van der Waals surface area contributed by atoms with Gasteiger partial charge in [-0.2, -0.15) is 0 Å². The van der Waals surface area contributed by atoms with E-state index in [4.69, 9.17) is 0 Å². The normalized spacial score (nSPS) is 19.3. The lowest BCUT2D eigenvalue weighted by atomic mass is 10.0. The van der Waals surface area contributed by atoms with Gasteiger partial charge in [0.15, 0.2) is 0 Å². The number of hydrogen-bond donors (Lipinski definition) is 2. The van der Waals surface area contributed by atoms with Gasteiger partial charge in [0.1, 0.15) is 0 Å². The Morgan fingerprint density at radius 2 is 2.37 bits per heavy atom. The number of carbonyl (C=O) groups is 1. The Bertz CT molecular complexity index is 358. The molecule has 1 aliphatic heterocycles. The third-order valence-corrected chi connectivity index (χ3v) is 3.57. The number of aryl methyl sites for hydroxylation is 1. The molecule has 2 rings (SSSR count). The van der Waals surface area contributed by atoms with Crippen molar-refractivity contribution in [1.82, 2.24) is 20.2 Å². The molecule has 1 atom stereocenters. The Morgan fingerprint density at radius 3 is 3.11 bits per heavy atom. The largest absolute Gasteiger partial charge is 0.356 e. The van der Waals surface area contributed by atoms with Crippen molar-refractivity contribution >= 4 is 5.91 Å². The van der Waals surface area contributed by atoms with E-state index in [9.17, 15) is 4.79 Å². The first kappa shape index (κ1) is 14.1. The predicted octanol–water partition coefficient (Wildman–Crippen LogP) is 1.31. The first-order valence-electron chi connectivity index (χ1n) is 7.30. The van der Waals surface area contributed by atoms with Crippen LogP contribution in [0.15, 0.2) is 18.7 Å². The maximum absolute atomic E-state index is 11.7. The minimum Gasteiger partial charge on any atom is -0.356 e. The van der Waals surface area contributed by atoms with Crippen molar-refractivity contribution in [2.24, 2.45) is 0 Å². The van der Waals surface area contributed by atoms with Crippen LogP contribution in [0.25, 0.3) is 0 Å². The molecule has 0 radical (unpaired) electrons. The summed E-state index contributed by atoms with van der Waals surface area (Å²) in [7, 11) is 0. The van der Waals surface area contributed by atoms with E-state index in [1.807, 2.05) is 12.5 Å². The van der Waals surface area contributed by atoms with E-state index in [1.54, 1.807) is 6.20 Å². The molecule has 1 amide bonds. The molecule has 5 nitrogen and oxygen atoms in total. The quantitative estimate of drug-likeness (QED) is 0.730. The highest BCUT2D eigenvalue weighted by Gasteiger charge is 2.15. The van der Waals surface area contributed by atoms with Crippen molar-refractivity contribution in [3.05, 3.63) is 18.7 Å². The third-order valence-electron chi connectivity index (χ3n) is 3.57. The molecule has 0 spiro atoms. The molecule has 0 bridgehead atoms. The number of carbonyl (C=O) groups excluding carboxylic acids is 1. The number of imidazole rings is 1. The van der Waals surface area contributed by atoms with Crippen LogP contribution in [0.5, 0.6) is 0 Å². The Balaban J connectivity index is 1.49. The summed E-state index contributed by atoms with van der Waals surface area (Å²) in [5.41, 5.74) is 0. The van der Waals surface area contributed by atoms with Gasteiger partial charge in [-0.1, -0.05) is 6.42 Å². The van der Waals surface area contributed by atoms with Crippen LogP contribution in [0, 0.1) is 0 Å². The van der Waals surface area contributed by atoms with Gasteiger partial charge in [-0.3, -0.25) is 4.79 Å². The van der Waals surface area contributed by atoms with Crippen LogP contribution in [0.1, 0.15) is 38.5 Å². The topological polar surface area (TPSA) is 59.0 Å². The van der Waals surface area contributed by atoms with Crippen molar-refractivity contribution in [3.8, 4) is 0 Å². The van der Waals surface area contributed by atoms with Gasteiger partial charge in [-0.05, 0) is 32.2 Å². The van der Waals surface area contributed by atoms with Gasteiger partial charge in [-0.25, -0.2) is 4.98 Å². The third kappa shape index (κ3) is 5.42. The van der Waals surface area contributed by atoms with Crippen LogP contribution in [0.2, 0.25) is 0 Å². The van der Waals surface area contributed by atoms with Crippen LogP contribution in [0.4, 0.5) is 0 Å². The summed E-state index contributed by atoms with van der Waals surface area (Å²) in [5.74, 6) is 0.182. The number of rotatable bonds is 7. The van der Waals surface area contributed by atoms with Crippen LogP contribution in [-0.4, -0.2) is 34.6 Å². The average molecular weight is 264 g/mol. The number of hydrogen-bond acceptors (Lipinski definition) is 3. The molecule has 1 aromatic heterocycles.